The van der Waals surface area contributed by atoms with E-state index in [1.807, 2.05) is 73.3 Å². The van der Waals surface area contributed by atoms with Crippen LogP contribution in [0.4, 0.5) is 0 Å². The normalized spacial score (nSPS) is 10.9. The maximum absolute atomic E-state index is 12.4. The van der Waals surface area contributed by atoms with Gasteiger partial charge in [0.25, 0.3) is 5.91 Å². The monoisotopic (exact) mass is 424 g/mol. The van der Waals surface area contributed by atoms with Gasteiger partial charge in [0.2, 0.25) is 0 Å². The summed E-state index contributed by atoms with van der Waals surface area (Å²) in [6.07, 6.45) is 3.52. The van der Waals surface area contributed by atoms with Crippen molar-refractivity contribution in [1.82, 2.24) is 15.2 Å². The molecular formula is C26H24N4O2. The summed E-state index contributed by atoms with van der Waals surface area (Å²) >= 11 is 0. The smallest absolute Gasteiger partial charge is 0.271 e. The lowest BCUT2D eigenvalue weighted by atomic mass is 10.1. The zero-order valence-corrected chi connectivity index (χ0v) is 18.0. The van der Waals surface area contributed by atoms with Crippen molar-refractivity contribution in [2.75, 3.05) is 6.61 Å². The summed E-state index contributed by atoms with van der Waals surface area (Å²) in [4.78, 5) is 12.4. The van der Waals surface area contributed by atoms with Crippen molar-refractivity contribution in [3.63, 3.8) is 0 Å². The Balaban J connectivity index is 1.58. The van der Waals surface area contributed by atoms with Crippen LogP contribution in [0.1, 0.15) is 28.4 Å². The number of nitrogens with zero attached hydrogens (tertiary/aromatic N) is 3. The Morgan fingerprint density at radius 2 is 1.84 bits per heavy atom. The number of benzene rings is 3. The molecular weight excluding hydrogens is 400 g/mol. The van der Waals surface area contributed by atoms with Crippen LogP contribution in [0.5, 0.6) is 5.75 Å². The molecule has 0 radical (unpaired) electrons. The van der Waals surface area contributed by atoms with Crippen molar-refractivity contribution in [1.29, 1.82) is 0 Å². The van der Waals surface area contributed by atoms with Crippen LogP contribution in [0.15, 0.2) is 90.2 Å². The molecule has 0 saturated carbocycles. The number of carbonyl (C=O) groups is 1. The first kappa shape index (κ1) is 21.1. The molecule has 6 nitrogen and oxygen atoms in total. The van der Waals surface area contributed by atoms with E-state index in [0.717, 1.165) is 33.8 Å². The average molecular weight is 425 g/mol. The highest BCUT2D eigenvalue weighted by Gasteiger charge is 2.12. The number of para-hydroxylation sites is 1. The molecule has 1 heterocycles. The highest BCUT2D eigenvalue weighted by Crippen LogP contribution is 2.23. The van der Waals surface area contributed by atoms with E-state index in [-0.39, 0.29) is 5.91 Å². The number of carbonyl (C=O) groups excluding carboxylic acids is 1. The lowest BCUT2D eigenvalue weighted by Gasteiger charge is -2.04. The van der Waals surface area contributed by atoms with E-state index < -0.39 is 0 Å². The zero-order valence-electron chi connectivity index (χ0n) is 18.0. The number of amides is 1. The Hall–Kier alpha value is -4.19. The lowest BCUT2D eigenvalue weighted by Crippen LogP contribution is -2.17. The van der Waals surface area contributed by atoms with Crippen LogP contribution >= 0.6 is 0 Å². The number of rotatable bonds is 7. The van der Waals surface area contributed by atoms with Gasteiger partial charge in [-0.05, 0) is 56.3 Å². The summed E-state index contributed by atoms with van der Waals surface area (Å²) in [5.74, 6) is 0.431. The molecule has 4 rings (SSSR count). The Labute approximate surface area is 187 Å². The van der Waals surface area contributed by atoms with Crippen molar-refractivity contribution in [2.45, 2.75) is 13.8 Å². The summed E-state index contributed by atoms with van der Waals surface area (Å²) in [7, 11) is 0. The first-order chi connectivity index (χ1) is 15.6. The van der Waals surface area contributed by atoms with Gasteiger partial charge in [0.05, 0.1) is 18.5 Å². The fourth-order valence-electron chi connectivity index (χ4n) is 3.31. The van der Waals surface area contributed by atoms with Gasteiger partial charge >= 0.3 is 0 Å². The fourth-order valence-corrected chi connectivity index (χ4v) is 3.31. The van der Waals surface area contributed by atoms with Gasteiger partial charge in [-0.1, -0.05) is 42.0 Å². The van der Waals surface area contributed by atoms with E-state index >= 15 is 0 Å². The molecule has 32 heavy (non-hydrogen) atoms. The third-order valence-electron chi connectivity index (χ3n) is 4.85. The van der Waals surface area contributed by atoms with Crippen LogP contribution in [0.2, 0.25) is 0 Å². The molecule has 0 spiro atoms. The molecule has 6 heteroatoms. The quantitative estimate of drug-likeness (QED) is 0.335. The maximum Gasteiger partial charge on any atom is 0.271 e. The first-order valence-corrected chi connectivity index (χ1v) is 10.4. The number of hydrogen-bond donors (Lipinski definition) is 1. The molecule has 0 unspecified atom stereocenters. The summed E-state index contributed by atoms with van der Waals surface area (Å²) in [5, 5.41) is 8.96. The standard InChI is InChI=1S/C26H24N4O2/c1-3-32-24-14-12-20(13-15-24)26(31)28-27-17-22-18-30(23-10-5-4-6-11-23)29-25(22)21-9-7-8-19(2)16-21/h4-18H,3H2,1-2H3,(H,28,31). The molecule has 0 atom stereocenters. The number of nitrogens with one attached hydrogen (secondary N) is 1. The molecule has 1 N–H and O–H groups in total. The number of hydrogen-bond acceptors (Lipinski definition) is 4. The predicted octanol–water partition coefficient (Wildman–Crippen LogP) is 5.01. The molecule has 0 fully saturated rings. The highest BCUT2D eigenvalue weighted by atomic mass is 16.5. The summed E-state index contributed by atoms with van der Waals surface area (Å²) < 4.78 is 7.22. The van der Waals surface area contributed by atoms with Crippen LogP contribution in [0.25, 0.3) is 16.9 Å². The van der Waals surface area contributed by atoms with Gasteiger partial charge in [-0.3, -0.25) is 4.79 Å². The summed E-state index contributed by atoms with van der Waals surface area (Å²) in [6.45, 7) is 4.54. The van der Waals surface area contributed by atoms with E-state index in [0.29, 0.717) is 12.2 Å². The molecule has 0 bridgehead atoms. The van der Waals surface area contributed by atoms with Crippen molar-refractivity contribution in [3.8, 4) is 22.7 Å². The van der Waals surface area contributed by atoms with Crippen LogP contribution in [0, 0.1) is 6.92 Å². The third-order valence-corrected chi connectivity index (χ3v) is 4.85. The Bertz CT molecular complexity index is 1230. The number of aromatic nitrogens is 2. The number of ether oxygens (including phenoxy) is 1. The molecule has 0 aliphatic carbocycles. The van der Waals surface area contributed by atoms with E-state index in [2.05, 4.69) is 16.6 Å². The zero-order chi connectivity index (χ0) is 22.3. The second-order valence-corrected chi connectivity index (χ2v) is 7.24. The van der Waals surface area contributed by atoms with Crippen LogP contribution in [-0.2, 0) is 0 Å². The summed E-state index contributed by atoms with van der Waals surface area (Å²) in [6, 6.07) is 25.0. The number of aryl methyl sites for hydroxylation is 1. The average Bonchev–Trinajstić information content (AvgIpc) is 3.24. The predicted molar refractivity (Wildman–Crippen MR) is 126 cm³/mol. The third kappa shape index (κ3) is 4.92. The summed E-state index contributed by atoms with van der Waals surface area (Å²) in [5.41, 5.74) is 7.75. The Morgan fingerprint density at radius 1 is 1.06 bits per heavy atom. The molecule has 0 aliphatic rings. The van der Waals surface area contributed by atoms with Gasteiger partial charge < -0.3 is 4.74 Å². The first-order valence-electron chi connectivity index (χ1n) is 10.4. The lowest BCUT2D eigenvalue weighted by molar-refractivity contribution is 0.0955. The van der Waals surface area contributed by atoms with Crippen LogP contribution in [-0.4, -0.2) is 28.5 Å². The minimum absolute atomic E-state index is 0.295. The van der Waals surface area contributed by atoms with E-state index in [1.165, 1.54) is 0 Å². The molecule has 0 aliphatic heterocycles. The van der Waals surface area contributed by atoms with E-state index in [9.17, 15) is 4.79 Å². The van der Waals surface area contributed by atoms with Crippen LogP contribution in [0.3, 0.4) is 0 Å². The second-order valence-electron chi connectivity index (χ2n) is 7.24. The Morgan fingerprint density at radius 3 is 2.56 bits per heavy atom. The topological polar surface area (TPSA) is 68.5 Å². The van der Waals surface area contributed by atoms with Gasteiger partial charge in [-0.2, -0.15) is 10.2 Å². The van der Waals surface area contributed by atoms with Crippen molar-refractivity contribution < 1.29 is 9.53 Å². The van der Waals surface area contributed by atoms with Gasteiger partial charge in [0, 0.05) is 22.9 Å². The van der Waals surface area contributed by atoms with Crippen molar-refractivity contribution >= 4 is 12.1 Å². The molecule has 0 saturated heterocycles. The van der Waals surface area contributed by atoms with Crippen molar-refractivity contribution in [2.24, 2.45) is 5.10 Å². The van der Waals surface area contributed by atoms with Gasteiger partial charge in [-0.25, -0.2) is 10.1 Å². The molecule has 1 amide bonds. The van der Waals surface area contributed by atoms with Gasteiger partial charge in [-0.15, -0.1) is 0 Å². The SMILES string of the molecule is CCOc1ccc(C(=O)NN=Cc2cn(-c3ccccc3)nc2-c2cccc(C)c2)cc1. The molecule has 1 aromatic heterocycles. The molecule has 160 valence electrons. The maximum atomic E-state index is 12.4. The second kappa shape index (κ2) is 9.75. The Kier molecular flexibility index (Phi) is 6.41. The van der Waals surface area contributed by atoms with Crippen molar-refractivity contribution in [3.05, 3.63) is 102 Å². The number of hydrazone groups is 1. The minimum atomic E-state index is -0.295. The molecule has 4 aromatic rings. The molecule has 3 aromatic carbocycles. The van der Waals surface area contributed by atoms with E-state index in [1.54, 1.807) is 30.5 Å². The van der Waals surface area contributed by atoms with Crippen LogP contribution < -0.4 is 10.2 Å². The fraction of sp³-hybridized carbons (Fsp3) is 0.115. The van der Waals surface area contributed by atoms with E-state index in [4.69, 9.17) is 9.84 Å². The van der Waals surface area contributed by atoms with Gasteiger partial charge in [0.1, 0.15) is 11.4 Å². The largest absolute Gasteiger partial charge is 0.494 e. The minimum Gasteiger partial charge on any atom is -0.494 e. The highest BCUT2D eigenvalue weighted by molar-refractivity contribution is 5.95. The van der Waals surface area contributed by atoms with Gasteiger partial charge in [0.15, 0.2) is 0 Å².